The lowest BCUT2D eigenvalue weighted by Crippen LogP contribution is -2.32. The summed E-state index contributed by atoms with van der Waals surface area (Å²) in [4.78, 5) is 11.1. The van der Waals surface area contributed by atoms with Gasteiger partial charge in [0.2, 0.25) is 5.91 Å². The van der Waals surface area contributed by atoms with E-state index in [1.165, 1.54) is 0 Å². The molecule has 0 spiro atoms. The zero-order valence-corrected chi connectivity index (χ0v) is 12.1. The molecule has 1 saturated carbocycles. The molecule has 0 atom stereocenters. The van der Waals surface area contributed by atoms with Crippen molar-refractivity contribution < 1.29 is 4.79 Å². The van der Waals surface area contributed by atoms with Crippen molar-refractivity contribution in [1.29, 1.82) is 5.26 Å². The Hall–Kier alpha value is -1.54. The third-order valence-electron chi connectivity index (χ3n) is 3.59. The number of hydrogen-bond donors (Lipinski definition) is 2. The smallest absolute Gasteiger partial charge is 0.220 e. The second-order valence-corrected chi connectivity index (χ2v) is 5.81. The van der Waals surface area contributed by atoms with Crippen LogP contribution < -0.4 is 11.1 Å². The molecule has 1 aliphatic rings. The first-order chi connectivity index (χ1) is 9.10. The molecule has 1 aromatic rings. The van der Waals surface area contributed by atoms with Gasteiger partial charge in [0.05, 0.1) is 11.3 Å². The van der Waals surface area contributed by atoms with Crippen LogP contribution in [0.1, 0.15) is 31.2 Å². The molecule has 5 heteroatoms. The minimum absolute atomic E-state index is 0.0102. The average molecular weight is 322 g/mol. The first-order valence-electron chi connectivity index (χ1n) is 6.35. The molecule has 2 rings (SSSR count). The molecular weight excluding hydrogens is 306 g/mol. The van der Waals surface area contributed by atoms with Crippen molar-refractivity contribution in [2.45, 2.75) is 31.7 Å². The van der Waals surface area contributed by atoms with Crippen molar-refractivity contribution >= 4 is 27.5 Å². The molecule has 0 heterocycles. The van der Waals surface area contributed by atoms with E-state index in [0.29, 0.717) is 11.6 Å². The highest BCUT2D eigenvalue weighted by atomic mass is 79.9. The maximum Gasteiger partial charge on any atom is 0.220 e. The van der Waals surface area contributed by atoms with E-state index >= 15 is 0 Å². The molecule has 0 saturated heterocycles. The number of primary amides is 1. The first kappa shape index (κ1) is 13.9. The van der Waals surface area contributed by atoms with Gasteiger partial charge in [0.15, 0.2) is 0 Å². The lowest BCUT2D eigenvalue weighted by Gasteiger charge is -2.28. The number of carbonyl (C=O) groups is 1. The summed E-state index contributed by atoms with van der Waals surface area (Å²) in [5.41, 5.74) is 6.81. The zero-order chi connectivity index (χ0) is 13.8. The topological polar surface area (TPSA) is 78.9 Å². The van der Waals surface area contributed by atoms with Gasteiger partial charge in [-0.3, -0.25) is 4.79 Å². The molecule has 1 amide bonds. The quantitative estimate of drug-likeness (QED) is 0.898. The number of anilines is 1. The van der Waals surface area contributed by atoms with Crippen LogP contribution in [-0.4, -0.2) is 11.9 Å². The van der Waals surface area contributed by atoms with Gasteiger partial charge in [0.25, 0.3) is 0 Å². The molecule has 4 nitrogen and oxygen atoms in total. The molecule has 0 bridgehead atoms. The Balaban J connectivity index is 2.01. The third-order valence-corrected chi connectivity index (χ3v) is 4.08. The number of nitrogens with zero attached hydrogens (tertiary/aromatic N) is 1. The summed E-state index contributed by atoms with van der Waals surface area (Å²) in [7, 11) is 0. The van der Waals surface area contributed by atoms with Crippen molar-refractivity contribution in [2.24, 2.45) is 11.7 Å². The summed E-state index contributed by atoms with van der Waals surface area (Å²) in [5.74, 6) is -0.186. The number of carbonyl (C=O) groups excluding carboxylic acids is 1. The maximum atomic E-state index is 11.1. The van der Waals surface area contributed by atoms with Gasteiger partial charge in [-0.15, -0.1) is 0 Å². The summed E-state index contributed by atoms with van der Waals surface area (Å²) in [6.45, 7) is 0. The standard InChI is InChI=1S/C14H16BrN3O/c15-11-4-1-10(8-16)13(7-11)18-12-5-2-9(3-6-12)14(17)19/h1,4,7,9,12,18H,2-3,5-6H2,(H2,17,19). The normalized spacial score (nSPS) is 22.5. The lowest BCUT2D eigenvalue weighted by atomic mass is 9.85. The molecule has 1 aliphatic carbocycles. The average Bonchev–Trinajstić information content (AvgIpc) is 2.39. The molecule has 1 fully saturated rings. The molecule has 0 aliphatic heterocycles. The van der Waals surface area contributed by atoms with Gasteiger partial charge >= 0.3 is 0 Å². The number of amides is 1. The molecule has 1 aromatic carbocycles. The van der Waals surface area contributed by atoms with E-state index in [9.17, 15) is 4.79 Å². The Morgan fingerprint density at radius 2 is 2.05 bits per heavy atom. The summed E-state index contributed by atoms with van der Waals surface area (Å²) in [6.07, 6.45) is 3.46. The van der Waals surface area contributed by atoms with Crippen molar-refractivity contribution in [3.05, 3.63) is 28.2 Å². The van der Waals surface area contributed by atoms with Crippen LogP contribution in [0, 0.1) is 17.2 Å². The highest BCUT2D eigenvalue weighted by Crippen LogP contribution is 2.28. The fraction of sp³-hybridized carbons (Fsp3) is 0.429. The van der Waals surface area contributed by atoms with E-state index in [-0.39, 0.29) is 11.8 Å². The molecular formula is C14H16BrN3O. The second kappa shape index (κ2) is 6.07. The summed E-state index contributed by atoms with van der Waals surface area (Å²) >= 11 is 3.41. The Kier molecular flexibility index (Phi) is 4.43. The molecule has 3 N–H and O–H groups in total. The maximum absolute atomic E-state index is 11.1. The molecule has 0 radical (unpaired) electrons. The van der Waals surface area contributed by atoms with Crippen molar-refractivity contribution in [1.82, 2.24) is 0 Å². The Morgan fingerprint density at radius 3 is 2.63 bits per heavy atom. The summed E-state index contributed by atoms with van der Waals surface area (Å²) < 4.78 is 0.944. The summed E-state index contributed by atoms with van der Waals surface area (Å²) in [5, 5.41) is 12.5. The molecule has 19 heavy (non-hydrogen) atoms. The third kappa shape index (κ3) is 3.48. The van der Waals surface area contributed by atoms with Crippen LogP contribution in [0.5, 0.6) is 0 Å². The highest BCUT2D eigenvalue weighted by Gasteiger charge is 2.24. The number of halogens is 1. The molecule has 0 aromatic heterocycles. The van der Waals surface area contributed by atoms with E-state index in [2.05, 4.69) is 27.3 Å². The monoisotopic (exact) mass is 321 g/mol. The highest BCUT2D eigenvalue weighted by molar-refractivity contribution is 9.10. The number of nitrogens with two attached hydrogens (primary N) is 1. The van der Waals surface area contributed by atoms with Crippen LogP contribution in [0.3, 0.4) is 0 Å². The minimum Gasteiger partial charge on any atom is -0.381 e. The number of nitriles is 1. The van der Waals surface area contributed by atoms with E-state index in [1.54, 1.807) is 6.07 Å². The Bertz CT molecular complexity index is 516. The number of rotatable bonds is 3. The van der Waals surface area contributed by atoms with Gasteiger partial charge in [0.1, 0.15) is 6.07 Å². The fourth-order valence-corrected chi connectivity index (χ4v) is 2.84. The van der Waals surface area contributed by atoms with Crippen molar-refractivity contribution in [3.63, 3.8) is 0 Å². The van der Waals surface area contributed by atoms with E-state index in [4.69, 9.17) is 11.0 Å². The molecule has 0 unspecified atom stereocenters. The van der Waals surface area contributed by atoms with Gasteiger partial charge < -0.3 is 11.1 Å². The van der Waals surface area contributed by atoms with Gasteiger partial charge in [-0.1, -0.05) is 15.9 Å². The Morgan fingerprint density at radius 1 is 1.37 bits per heavy atom. The van der Waals surface area contributed by atoms with E-state index in [0.717, 1.165) is 35.8 Å². The van der Waals surface area contributed by atoms with Crippen molar-refractivity contribution in [3.8, 4) is 6.07 Å². The Labute approximate surface area is 121 Å². The predicted octanol–water partition coefficient (Wildman–Crippen LogP) is 2.78. The lowest BCUT2D eigenvalue weighted by molar-refractivity contribution is -0.122. The van der Waals surface area contributed by atoms with Crippen LogP contribution in [-0.2, 0) is 4.79 Å². The first-order valence-corrected chi connectivity index (χ1v) is 7.15. The fourth-order valence-electron chi connectivity index (χ4n) is 2.48. The van der Waals surface area contributed by atoms with Crippen LogP contribution >= 0.6 is 15.9 Å². The van der Waals surface area contributed by atoms with Crippen molar-refractivity contribution in [2.75, 3.05) is 5.32 Å². The number of benzene rings is 1. The van der Waals surface area contributed by atoms with Gasteiger partial charge in [-0.2, -0.15) is 5.26 Å². The van der Waals surface area contributed by atoms with Crippen LogP contribution in [0.25, 0.3) is 0 Å². The zero-order valence-electron chi connectivity index (χ0n) is 10.5. The number of nitrogens with one attached hydrogen (secondary N) is 1. The van der Waals surface area contributed by atoms with Crippen LogP contribution in [0.2, 0.25) is 0 Å². The summed E-state index contributed by atoms with van der Waals surface area (Å²) in [6, 6.07) is 8.05. The van der Waals surface area contributed by atoms with Gasteiger partial charge in [-0.25, -0.2) is 0 Å². The number of hydrogen-bond acceptors (Lipinski definition) is 3. The van der Waals surface area contributed by atoms with Gasteiger partial charge in [-0.05, 0) is 43.9 Å². The van der Waals surface area contributed by atoms with Crippen LogP contribution in [0.15, 0.2) is 22.7 Å². The van der Waals surface area contributed by atoms with E-state index < -0.39 is 0 Å². The predicted molar refractivity (Wildman–Crippen MR) is 77.4 cm³/mol. The second-order valence-electron chi connectivity index (χ2n) is 4.90. The molecule has 100 valence electrons. The van der Waals surface area contributed by atoms with E-state index in [1.807, 2.05) is 12.1 Å². The van der Waals surface area contributed by atoms with Crippen LogP contribution in [0.4, 0.5) is 5.69 Å². The van der Waals surface area contributed by atoms with Gasteiger partial charge in [0, 0.05) is 16.4 Å². The SMILES string of the molecule is N#Cc1ccc(Br)cc1NC1CCC(C(N)=O)CC1. The largest absolute Gasteiger partial charge is 0.381 e. The minimum atomic E-state index is -0.196.